The average molecular weight is 868 g/mol. The standard InChI is InChI=1S/C64H41N3O/c1-2-18-46(19-3-1)66-57-27-11-9-25-53(57)55-41-45(35-39-60(55)66)44-17-14-20-48(40-44)65(61-30-15-31-62-63(61)54-38-34-42-16-4-5-22-50(42)64(54)68-62)47-36-32-43(33-37-47)49-21-6-10-26-56(49)67-58-28-12-7-23-51(58)52-24-8-13-29-59(52)67/h1-41H. The molecular formula is C64H41N3O. The molecule has 0 fully saturated rings. The number of nitrogens with zero attached hydrogens (tertiary/aromatic N) is 3. The van der Waals surface area contributed by atoms with E-state index < -0.39 is 0 Å². The summed E-state index contributed by atoms with van der Waals surface area (Å²) < 4.78 is 11.6. The highest BCUT2D eigenvalue weighted by Crippen LogP contribution is 2.46. The Morgan fingerprint density at radius 3 is 1.72 bits per heavy atom. The maximum atomic E-state index is 6.79. The molecule has 3 heterocycles. The van der Waals surface area contributed by atoms with E-state index in [2.05, 4.69) is 263 Å². The smallest absolute Gasteiger partial charge is 0.143 e. The van der Waals surface area contributed by atoms with Gasteiger partial charge in [0.1, 0.15) is 11.2 Å². The molecule has 0 saturated carbocycles. The van der Waals surface area contributed by atoms with Crippen LogP contribution in [-0.2, 0) is 0 Å². The number of hydrogen-bond donors (Lipinski definition) is 0. The molecule has 4 nitrogen and oxygen atoms in total. The zero-order valence-electron chi connectivity index (χ0n) is 36.9. The number of para-hydroxylation sites is 5. The molecule has 14 aromatic rings. The van der Waals surface area contributed by atoms with Crippen molar-refractivity contribution >= 4 is 93.4 Å². The lowest BCUT2D eigenvalue weighted by Gasteiger charge is -2.27. The minimum Gasteiger partial charge on any atom is -0.455 e. The third-order valence-corrected chi connectivity index (χ3v) is 13.9. The second kappa shape index (κ2) is 15.2. The van der Waals surface area contributed by atoms with Crippen LogP contribution in [-0.4, -0.2) is 9.13 Å². The van der Waals surface area contributed by atoms with Gasteiger partial charge < -0.3 is 18.5 Å². The highest BCUT2D eigenvalue weighted by molar-refractivity contribution is 6.20. The van der Waals surface area contributed by atoms with Crippen LogP contribution in [0.3, 0.4) is 0 Å². The highest BCUT2D eigenvalue weighted by Gasteiger charge is 2.22. The van der Waals surface area contributed by atoms with E-state index in [9.17, 15) is 0 Å². The summed E-state index contributed by atoms with van der Waals surface area (Å²) >= 11 is 0. The van der Waals surface area contributed by atoms with Crippen molar-refractivity contribution < 1.29 is 4.42 Å². The third kappa shape index (κ3) is 5.87. The predicted molar refractivity (Wildman–Crippen MR) is 285 cm³/mol. The van der Waals surface area contributed by atoms with E-state index in [0.717, 1.165) is 83.4 Å². The van der Waals surface area contributed by atoms with Gasteiger partial charge >= 0.3 is 0 Å². The fourth-order valence-electron chi connectivity index (χ4n) is 10.9. The zero-order valence-corrected chi connectivity index (χ0v) is 36.9. The number of furan rings is 1. The highest BCUT2D eigenvalue weighted by atomic mass is 16.3. The van der Waals surface area contributed by atoms with Gasteiger partial charge in [-0.1, -0.05) is 158 Å². The van der Waals surface area contributed by atoms with Crippen LogP contribution in [0.4, 0.5) is 17.1 Å². The van der Waals surface area contributed by atoms with Gasteiger partial charge in [-0.2, -0.15) is 0 Å². The summed E-state index contributed by atoms with van der Waals surface area (Å²) in [5.74, 6) is 0. The lowest BCUT2D eigenvalue weighted by Crippen LogP contribution is -2.10. The van der Waals surface area contributed by atoms with Crippen molar-refractivity contribution in [2.24, 2.45) is 0 Å². The lowest BCUT2D eigenvalue weighted by atomic mass is 10.00. The molecule has 0 saturated heterocycles. The normalized spacial score (nSPS) is 11.8. The largest absolute Gasteiger partial charge is 0.455 e. The molecule has 0 radical (unpaired) electrons. The molecule has 0 amide bonds. The van der Waals surface area contributed by atoms with Crippen molar-refractivity contribution in [1.29, 1.82) is 0 Å². The van der Waals surface area contributed by atoms with Crippen LogP contribution in [0.1, 0.15) is 0 Å². The van der Waals surface area contributed by atoms with E-state index in [-0.39, 0.29) is 0 Å². The van der Waals surface area contributed by atoms with Gasteiger partial charge in [-0.25, -0.2) is 0 Å². The minimum absolute atomic E-state index is 0.854. The van der Waals surface area contributed by atoms with Crippen LogP contribution in [0.15, 0.2) is 253 Å². The molecule has 0 spiro atoms. The van der Waals surface area contributed by atoms with Crippen molar-refractivity contribution in [3.05, 3.63) is 249 Å². The Balaban J connectivity index is 0.944. The van der Waals surface area contributed by atoms with Crippen molar-refractivity contribution in [1.82, 2.24) is 9.13 Å². The van der Waals surface area contributed by atoms with Crippen LogP contribution in [0, 0.1) is 0 Å². The summed E-state index contributed by atoms with van der Waals surface area (Å²) in [7, 11) is 0. The Hall–Kier alpha value is -9.12. The molecule has 0 N–H and O–H groups in total. The molecule has 0 bridgehead atoms. The van der Waals surface area contributed by atoms with Gasteiger partial charge in [0.05, 0.1) is 38.8 Å². The Bertz CT molecular complexity index is 4210. The van der Waals surface area contributed by atoms with Crippen LogP contribution >= 0.6 is 0 Å². The fourth-order valence-corrected chi connectivity index (χ4v) is 10.9. The van der Waals surface area contributed by atoms with E-state index in [1.54, 1.807) is 0 Å². The molecular weight excluding hydrogens is 827 g/mol. The van der Waals surface area contributed by atoms with Crippen molar-refractivity contribution in [2.75, 3.05) is 4.90 Å². The van der Waals surface area contributed by atoms with Gasteiger partial charge in [-0.05, 0) is 113 Å². The first-order chi connectivity index (χ1) is 33.7. The van der Waals surface area contributed by atoms with E-state index in [1.165, 1.54) is 43.6 Å². The van der Waals surface area contributed by atoms with Gasteiger partial charge in [0, 0.05) is 54.9 Å². The van der Waals surface area contributed by atoms with E-state index in [0.29, 0.717) is 0 Å². The van der Waals surface area contributed by atoms with Crippen LogP contribution < -0.4 is 4.90 Å². The zero-order chi connectivity index (χ0) is 44.7. The van der Waals surface area contributed by atoms with Crippen molar-refractivity contribution in [3.8, 4) is 33.6 Å². The number of hydrogen-bond acceptors (Lipinski definition) is 2. The first-order valence-corrected chi connectivity index (χ1v) is 23.3. The Morgan fingerprint density at radius 1 is 0.338 bits per heavy atom. The van der Waals surface area contributed by atoms with E-state index >= 15 is 0 Å². The molecule has 0 unspecified atom stereocenters. The quantitative estimate of drug-likeness (QED) is 0.160. The Morgan fingerprint density at radius 2 is 0.941 bits per heavy atom. The average Bonchev–Trinajstić information content (AvgIpc) is 4.08. The number of fused-ring (bicyclic) bond motifs is 11. The first-order valence-electron chi connectivity index (χ1n) is 23.3. The first kappa shape index (κ1) is 38.2. The molecule has 11 aromatic carbocycles. The topological polar surface area (TPSA) is 26.2 Å². The molecule has 0 atom stereocenters. The number of benzene rings is 11. The summed E-state index contributed by atoms with van der Waals surface area (Å²) in [6.07, 6.45) is 0. The molecule has 0 aliphatic carbocycles. The molecule has 0 aliphatic rings. The second-order valence-electron chi connectivity index (χ2n) is 17.7. The van der Waals surface area contributed by atoms with Crippen molar-refractivity contribution in [2.45, 2.75) is 0 Å². The minimum atomic E-state index is 0.854. The number of anilines is 3. The SMILES string of the molecule is c1ccc(-n2c3ccccc3c3cc(-c4cccc(N(c5ccc(-c6ccccc6-n6c7ccccc7c7ccccc76)cc5)c5cccc6oc7c8ccccc8ccc7c56)c4)ccc32)cc1. The lowest BCUT2D eigenvalue weighted by molar-refractivity contribution is 0.672. The van der Waals surface area contributed by atoms with Gasteiger partial charge in [-0.15, -0.1) is 0 Å². The van der Waals surface area contributed by atoms with Gasteiger partial charge in [-0.3, -0.25) is 0 Å². The maximum Gasteiger partial charge on any atom is 0.143 e. The van der Waals surface area contributed by atoms with Gasteiger partial charge in [0.25, 0.3) is 0 Å². The van der Waals surface area contributed by atoms with Crippen LogP contribution in [0.5, 0.6) is 0 Å². The molecule has 0 aliphatic heterocycles. The molecule has 68 heavy (non-hydrogen) atoms. The third-order valence-electron chi connectivity index (χ3n) is 13.9. The van der Waals surface area contributed by atoms with Gasteiger partial charge in [0.2, 0.25) is 0 Å². The van der Waals surface area contributed by atoms with Gasteiger partial charge in [0.15, 0.2) is 0 Å². The Labute approximate surface area is 392 Å². The summed E-state index contributed by atoms with van der Waals surface area (Å²) in [6.45, 7) is 0. The molecule has 318 valence electrons. The van der Waals surface area contributed by atoms with E-state index in [1.807, 2.05) is 0 Å². The van der Waals surface area contributed by atoms with E-state index in [4.69, 9.17) is 4.42 Å². The summed E-state index contributed by atoms with van der Waals surface area (Å²) in [5, 5.41) is 9.39. The van der Waals surface area contributed by atoms with Crippen LogP contribution in [0.2, 0.25) is 0 Å². The monoisotopic (exact) mass is 867 g/mol. The maximum absolute atomic E-state index is 6.79. The number of aromatic nitrogens is 2. The molecule has 14 rings (SSSR count). The summed E-state index contributed by atoms with van der Waals surface area (Å²) in [5.41, 5.74) is 16.6. The summed E-state index contributed by atoms with van der Waals surface area (Å²) in [4.78, 5) is 2.40. The second-order valence-corrected chi connectivity index (χ2v) is 17.7. The summed E-state index contributed by atoms with van der Waals surface area (Å²) in [6, 6.07) is 89.9. The van der Waals surface area contributed by atoms with Crippen LogP contribution in [0.25, 0.3) is 110 Å². The molecule has 3 aromatic heterocycles. The Kier molecular flexibility index (Phi) is 8.55. The fraction of sp³-hybridized carbons (Fsp3) is 0. The van der Waals surface area contributed by atoms with Crippen molar-refractivity contribution in [3.63, 3.8) is 0 Å². The number of rotatable bonds is 7. The predicted octanol–water partition coefficient (Wildman–Crippen LogP) is 17.7. The molecule has 4 heteroatoms.